The van der Waals surface area contributed by atoms with Crippen molar-refractivity contribution in [1.29, 1.82) is 0 Å². The van der Waals surface area contributed by atoms with Gasteiger partial charge >= 0.3 is 6.03 Å². The molecule has 0 spiro atoms. The topological polar surface area (TPSA) is 88.0 Å². The fourth-order valence-electron chi connectivity index (χ4n) is 3.84. The molecule has 2 aromatic heterocycles. The predicted molar refractivity (Wildman–Crippen MR) is 128 cm³/mol. The van der Waals surface area contributed by atoms with Crippen LogP contribution in [0.3, 0.4) is 0 Å². The van der Waals surface area contributed by atoms with Gasteiger partial charge in [-0.25, -0.2) is 14.8 Å². The smallest absolute Gasteiger partial charge is 0.323 e. The summed E-state index contributed by atoms with van der Waals surface area (Å²) in [5, 5.41) is 6.88. The second-order valence-corrected chi connectivity index (χ2v) is 8.21. The summed E-state index contributed by atoms with van der Waals surface area (Å²) in [5.74, 6) is 0.961. The van der Waals surface area contributed by atoms with Crippen molar-refractivity contribution in [1.82, 2.24) is 24.8 Å². The van der Waals surface area contributed by atoms with E-state index in [9.17, 15) is 4.79 Å². The fourth-order valence-corrected chi connectivity index (χ4v) is 3.97. The van der Waals surface area contributed by atoms with Crippen LogP contribution in [0.25, 0.3) is 5.69 Å². The number of halogens is 1. The molecule has 0 saturated carbocycles. The van der Waals surface area contributed by atoms with Crippen LogP contribution in [0.1, 0.15) is 30.3 Å². The highest BCUT2D eigenvalue weighted by Crippen LogP contribution is 2.30. The molecular weight excluding hydrogens is 438 g/mol. The van der Waals surface area contributed by atoms with E-state index in [1.807, 2.05) is 72.3 Å². The number of urea groups is 1. The monoisotopic (exact) mass is 459 g/mol. The van der Waals surface area contributed by atoms with Crippen LogP contribution in [0.15, 0.2) is 79.4 Å². The van der Waals surface area contributed by atoms with Crippen molar-refractivity contribution in [3.8, 4) is 5.69 Å². The number of hydrogen-bond acceptors (Lipinski definition) is 5. The number of amides is 2. The van der Waals surface area contributed by atoms with Crippen LogP contribution in [0.2, 0.25) is 5.02 Å². The first-order chi connectivity index (χ1) is 16.1. The Bertz CT molecular complexity index is 1260. The zero-order chi connectivity index (χ0) is 22.8. The standard InChI is InChI=1S/C24H22ClN7O/c1-16(20-14-31(15-28-20)19-9-7-18(25)8-10-19)29-23-26-12-11-22(30-23)32-21(13-27-24(32)33)17-5-3-2-4-6-17/h2-12,14-16,21H,13H2,1H3,(H,27,33)(H,26,29,30)/t16-,21?/m0/s1. The summed E-state index contributed by atoms with van der Waals surface area (Å²) in [5.41, 5.74) is 2.85. The number of nitrogens with one attached hydrogen (secondary N) is 2. The molecule has 4 aromatic rings. The molecule has 9 heteroatoms. The molecule has 2 N–H and O–H groups in total. The van der Waals surface area contributed by atoms with Crippen molar-refractivity contribution in [3.05, 3.63) is 95.7 Å². The molecule has 1 aliphatic heterocycles. The third kappa shape index (κ3) is 4.38. The van der Waals surface area contributed by atoms with Crippen molar-refractivity contribution in [2.45, 2.75) is 19.0 Å². The van der Waals surface area contributed by atoms with E-state index < -0.39 is 0 Å². The number of carbonyl (C=O) groups is 1. The molecule has 1 fully saturated rings. The molecule has 0 aliphatic carbocycles. The fraction of sp³-hybridized carbons (Fsp3) is 0.167. The summed E-state index contributed by atoms with van der Waals surface area (Å²) in [4.78, 5) is 27.7. The van der Waals surface area contributed by atoms with E-state index in [-0.39, 0.29) is 18.1 Å². The van der Waals surface area contributed by atoms with Crippen LogP contribution >= 0.6 is 11.6 Å². The van der Waals surface area contributed by atoms with Gasteiger partial charge in [0.05, 0.1) is 24.1 Å². The highest BCUT2D eigenvalue weighted by Gasteiger charge is 2.34. The third-order valence-electron chi connectivity index (χ3n) is 5.57. The summed E-state index contributed by atoms with van der Waals surface area (Å²) in [7, 11) is 0. The Morgan fingerprint density at radius 3 is 2.67 bits per heavy atom. The van der Waals surface area contributed by atoms with Gasteiger partial charge in [0.25, 0.3) is 0 Å². The van der Waals surface area contributed by atoms with Crippen LogP contribution in [0.4, 0.5) is 16.6 Å². The zero-order valence-corrected chi connectivity index (χ0v) is 18.6. The number of anilines is 2. The van der Waals surface area contributed by atoms with Gasteiger partial charge in [-0.05, 0) is 42.8 Å². The first-order valence-corrected chi connectivity index (χ1v) is 11.0. The Hall–Kier alpha value is -3.91. The highest BCUT2D eigenvalue weighted by atomic mass is 35.5. The molecule has 33 heavy (non-hydrogen) atoms. The van der Waals surface area contributed by atoms with E-state index >= 15 is 0 Å². The van der Waals surface area contributed by atoms with E-state index in [1.54, 1.807) is 23.5 Å². The molecule has 8 nitrogen and oxygen atoms in total. The molecule has 2 aromatic carbocycles. The van der Waals surface area contributed by atoms with Gasteiger partial charge in [0, 0.05) is 29.6 Å². The van der Waals surface area contributed by atoms with Gasteiger partial charge in [0.15, 0.2) is 0 Å². The van der Waals surface area contributed by atoms with Gasteiger partial charge in [-0.15, -0.1) is 0 Å². The molecular formula is C24H22ClN7O. The molecule has 5 rings (SSSR count). The second kappa shape index (κ2) is 8.91. The molecule has 2 atom stereocenters. The maximum atomic E-state index is 12.6. The van der Waals surface area contributed by atoms with Crippen LogP contribution in [0, 0.1) is 0 Å². The predicted octanol–water partition coefficient (Wildman–Crippen LogP) is 4.76. The SMILES string of the molecule is C[C@H](Nc1nccc(N2C(=O)NCC2c2ccccc2)n1)c1cn(-c2ccc(Cl)cc2)cn1. The summed E-state index contributed by atoms with van der Waals surface area (Å²) in [6, 6.07) is 18.8. The van der Waals surface area contributed by atoms with Crippen LogP contribution in [0.5, 0.6) is 0 Å². The van der Waals surface area contributed by atoms with Crippen molar-refractivity contribution < 1.29 is 4.79 Å². The lowest BCUT2D eigenvalue weighted by molar-refractivity contribution is 0.251. The van der Waals surface area contributed by atoms with E-state index in [0.29, 0.717) is 23.3 Å². The minimum Gasteiger partial charge on any atom is -0.346 e. The van der Waals surface area contributed by atoms with Gasteiger partial charge in [0.2, 0.25) is 5.95 Å². The largest absolute Gasteiger partial charge is 0.346 e. The lowest BCUT2D eigenvalue weighted by Crippen LogP contribution is -2.30. The quantitative estimate of drug-likeness (QED) is 0.434. The molecule has 3 heterocycles. The van der Waals surface area contributed by atoms with Crippen LogP contribution in [-0.4, -0.2) is 32.1 Å². The summed E-state index contributed by atoms with van der Waals surface area (Å²) < 4.78 is 1.93. The molecule has 1 saturated heterocycles. The van der Waals surface area contributed by atoms with Crippen LogP contribution in [-0.2, 0) is 0 Å². The molecule has 0 radical (unpaired) electrons. The first kappa shape index (κ1) is 21.0. The Labute approximate surface area is 196 Å². The van der Waals surface area contributed by atoms with Crippen molar-refractivity contribution >= 4 is 29.4 Å². The van der Waals surface area contributed by atoms with Crippen LogP contribution < -0.4 is 15.5 Å². The van der Waals surface area contributed by atoms with Gasteiger partial charge in [0.1, 0.15) is 5.82 Å². The Kier molecular flexibility index (Phi) is 5.66. The van der Waals surface area contributed by atoms with E-state index in [4.69, 9.17) is 11.6 Å². The van der Waals surface area contributed by atoms with Gasteiger partial charge < -0.3 is 15.2 Å². The number of carbonyl (C=O) groups excluding carboxylic acids is 1. The molecule has 2 amide bonds. The van der Waals surface area contributed by atoms with E-state index in [2.05, 4.69) is 25.6 Å². The molecule has 1 aliphatic rings. The maximum Gasteiger partial charge on any atom is 0.323 e. The normalized spacial score (nSPS) is 16.5. The van der Waals surface area contributed by atoms with Gasteiger partial charge in [-0.3, -0.25) is 4.90 Å². The number of aromatic nitrogens is 4. The Morgan fingerprint density at radius 2 is 1.88 bits per heavy atom. The summed E-state index contributed by atoms with van der Waals surface area (Å²) >= 11 is 5.98. The van der Waals surface area contributed by atoms with Crippen molar-refractivity contribution in [2.75, 3.05) is 16.8 Å². The Balaban J connectivity index is 1.34. The van der Waals surface area contributed by atoms with Gasteiger partial charge in [-0.2, -0.15) is 4.98 Å². The molecule has 1 unspecified atom stereocenters. The minimum atomic E-state index is -0.178. The molecule has 0 bridgehead atoms. The number of nitrogens with zero attached hydrogens (tertiary/aromatic N) is 5. The average molecular weight is 460 g/mol. The van der Waals surface area contributed by atoms with E-state index in [1.165, 1.54) is 0 Å². The second-order valence-electron chi connectivity index (χ2n) is 7.77. The number of rotatable bonds is 6. The zero-order valence-electron chi connectivity index (χ0n) is 17.9. The number of imidazole rings is 1. The van der Waals surface area contributed by atoms with Crippen molar-refractivity contribution in [2.24, 2.45) is 0 Å². The minimum absolute atomic E-state index is 0.131. The van der Waals surface area contributed by atoms with Crippen molar-refractivity contribution in [3.63, 3.8) is 0 Å². The lowest BCUT2D eigenvalue weighted by Gasteiger charge is -2.23. The van der Waals surface area contributed by atoms with E-state index in [0.717, 1.165) is 16.9 Å². The number of benzene rings is 2. The Morgan fingerprint density at radius 1 is 1.09 bits per heavy atom. The lowest BCUT2D eigenvalue weighted by atomic mass is 10.1. The molecule has 166 valence electrons. The summed E-state index contributed by atoms with van der Waals surface area (Å²) in [6.45, 7) is 2.51. The highest BCUT2D eigenvalue weighted by molar-refractivity contribution is 6.30. The summed E-state index contributed by atoms with van der Waals surface area (Å²) in [6.07, 6.45) is 5.36. The average Bonchev–Trinajstić information content (AvgIpc) is 3.48. The number of hydrogen-bond donors (Lipinski definition) is 2. The first-order valence-electron chi connectivity index (χ1n) is 10.6. The maximum absolute atomic E-state index is 12.6. The third-order valence-corrected chi connectivity index (χ3v) is 5.82. The van der Waals surface area contributed by atoms with Gasteiger partial charge in [-0.1, -0.05) is 41.9 Å².